The van der Waals surface area contributed by atoms with E-state index in [1.54, 1.807) is 11.6 Å². The van der Waals surface area contributed by atoms with Crippen LogP contribution in [0.2, 0.25) is 0 Å². The third-order valence-corrected chi connectivity index (χ3v) is 6.33. The average molecular weight is 389 g/mol. The van der Waals surface area contributed by atoms with Gasteiger partial charge in [-0.2, -0.15) is 0 Å². The number of nitrogens with zero attached hydrogens (tertiary/aromatic N) is 1. The monoisotopic (exact) mass is 389 g/mol. The van der Waals surface area contributed by atoms with Gasteiger partial charge in [0.05, 0.1) is 11.2 Å². The molecule has 5 heteroatoms. The second-order valence-electron chi connectivity index (χ2n) is 8.51. The van der Waals surface area contributed by atoms with Crippen LogP contribution < -0.4 is 11.1 Å². The normalized spacial score (nSPS) is 15.7. The fraction of sp³-hybridized carbons (Fsp3) is 0.375. The molecule has 0 radical (unpaired) electrons. The SMILES string of the molecule is CC(C)c1c(-c2ccc3c(c2)oc(=O)n3C)[nH]c2ccc(C3CCNCC3)cc12. The number of oxazole rings is 1. The molecular weight excluding hydrogens is 362 g/mol. The summed E-state index contributed by atoms with van der Waals surface area (Å²) in [5.41, 5.74) is 7.54. The van der Waals surface area contributed by atoms with Crippen molar-refractivity contribution in [3.05, 3.63) is 58.1 Å². The van der Waals surface area contributed by atoms with Gasteiger partial charge < -0.3 is 14.7 Å². The first-order valence-electron chi connectivity index (χ1n) is 10.5. The van der Waals surface area contributed by atoms with Gasteiger partial charge in [0.2, 0.25) is 0 Å². The topological polar surface area (TPSA) is 63.0 Å². The first-order valence-corrected chi connectivity index (χ1v) is 10.5. The molecule has 0 aliphatic carbocycles. The minimum absolute atomic E-state index is 0.329. The Morgan fingerprint density at radius 3 is 2.66 bits per heavy atom. The van der Waals surface area contributed by atoms with Gasteiger partial charge in [-0.1, -0.05) is 26.0 Å². The number of nitrogens with one attached hydrogen (secondary N) is 2. The Morgan fingerprint density at radius 2 is 1.90 bits per heavy atom. The van der Waals surface area contributed by atoms with Crippen molar-refractivity contribution in [3.63, 3.8) is 0 Å². The Kier molecular flexibility index (Phi) is 4.36. The molecule has 150 valence electrons. The van der Waals surface area contributed by atoms with Gasteiger partial charge in [0, 0.05) is 23.5 Å². The van der Waals surface area contributed by atoms with Crippen molar-refractivity contribution in [2.75, 3.05) is 13.1 Å². The summed E-state index contributed by atoms with van der Waals surface area (Å²) in [6, 6.07) is 12.9. The highest BCUT2D eigenvalue weighted by Crippen LogP contribution is 2.38. The highest BCUT2D eigenvalue weighted by atomic mass is 16.4. The molecule has 5 rings (SSSR count). The van der Waals surface area contributed by atoms with E-state index in [-0.39, 0.29) is 5.76 Å². The van der Waals surface area contributed by atoms with Crippen LogP contribution in [0.4, 0.5) is 0 Å². The maximum absolute atomic E-state index is 11.9. The van der Waals surface area contributed by atoms with Crippen LogP contribution in [0.3, 0.4) is 0 Å². The van der Waals surface area contributed by atoms with Gasteiger partial charge in [0.1, 0.15) is 0 Å². The molecule has 29 heavy (non-hydrogen) atoms. The van der Waals surface area contributed by atoms with Crippen LogP contribution >= 0.6 is 0 Å². The number of aromatic nitrogens is 2. The van der Waals surface area contributed by atoms with E-state index in [9.17, 15) is 4.79 Å². The number of hydrogen-bond acceptors (Lipinski definition) is 3. The zero-order chi connectivity index (χ0) is 20.1. The number of hydrogen-bond donors (Lipinski definition) is 2. The molecule has 1 fully saturated rings. The van der Waals surface area contributed by atoms with Gasteiger partial charge in [0.15, 0.2) is 5.58 Å². The summed E-state index contributed by atoms with van der Waals surface area (Å²) in [6.07, 6.45) is 2.40. The number of aromatic amines is 1. The molecule has 0 amide bonds. The molecule has 2 aromatic heterocycles. The average Bonchev–Trinajstić information content (AvgIpc) is 3.25. The molecule has 2 N–H and O–H groups in total. The van der Waals surface area contributed by atoms with Crippen LogP contribution in [0.1, 0.15) is 49.7 Å². The molecule has 3 heterocycles. The zero-order valence-corrected chi connectivity index (χ0v) is 17.2. The van der Waals surface area contributed by atoms with Gasteiger partial charge in [-0.3, -0.25) is 4.57 Å². The second-order valence-corrected chi connectivity index (χ2v) is 8.51. The predicted octanol–water partition coefficient (Wildman–Crippen LogP) is 4.87. The standard InChI is InChI=1S/C24H27N3O2/c1-14(2)22-18-12-16(15-8-10-25-11-9-15)4-6-19(18)26-23(22)17-5-7-20-21(13-17)29-24(28)27(20)3/h4-7,12-15,25-26H,8-11H2,1-3H3. The van der Waals surface area contributed by atoms with Crippen molar-refractivity contribution in [2.45, 2.75) is 38.5 Å². The minimum atomic E-state index is -0.329. The van der Waals surface area contributed by atoms with E-state index in [4.69, 9.17) is 4.42 Å². The molecule has 2 aromatic carbocycles. The fourth-order valence-corrected chi connectivity index (χ4v) is 4.76. The van der Waals surface area contributed by atoms with E-state index in [2.05, 4.69) is 48.4 Å². The molecular formula is C24H27N3O2. The van der Waals surface area contributed by atoms with Crippen LogP contribution in [-0.4, -0.2) is 22.6 Å². The number of aryl methyl sites for hydroxylation is 1. The molecule has 1 aliphatic rings. The van der Waals surface area contributed by atoms with Gasteiger partial charge in [-0.05, 0) is 73.2 Å². The second kappa shape index (κ2) is 6.92. The molecule has 1 aliphatic heterocycles. The van der Waals surface area contributed by atoms with E-state index in [0.29, 0.717) is 17.4 Å². The van der Waals surface area contributed by atoms with Gasteiger partial charge in [0.25, 0.3) is 0 Å². The summed E-state index contributed by atoms with van der Waals surface area (Å²) in [4.78, 5) is 15.5. The highest BCUT2D eigenvalue weighted by Gasteiger charge is 2.20. The van der Waals surface area contributed by atoms with E-state index >= 15 is 0 Å². The summed E-state index contributed by atoms with van der Waals surface area (Å²) in [6.45, 7) is 6.68. The van der Waals surface area contributed by atoms with Gasteiger partial charge in [-0.25, -0.2) is 4.79 Å². The number of fused-ring (bicyclic) bond motifs is 2. The first-order chi connectivity index (χ1) is 14.0. The van der Waals surface area contributed by atoms with Crippen LogP contribution in [0.15, 0.2) is 45.6 Å². The molecule has 0 atom stereocenters. The number of rotatable bonds is 3. The van der Waals surface area contributed by atoms with Crippen LogP contribution in [-0.2, 0) is 7.05 Å². The quantitative estimate of drug-likeness (QED) is 0.525. The molecule has 0 bridgehead atoms. The zero-order valence-electron chi connectivity index (χ0n) is 17.2. The fourth-order valence-electron chi connectivity index (χ4n) is 4.76. The van der Waals surface area contributed by atoms with Crippen molar-refractivity contribution in [3.8, 4) is 11.3 Å². The van der Waals surface area contributed by atoms with Crippen molar-refractivity contribution in [2.24, 2.45) is 7.05 Å². The van der Waals surface area contributed by atoms with E-state index in [1.807, 2.05) is 12.1 Å². The summed E-state index contributed by atoms with van der Waals surface area (Å²) < 4.78 is 6.96. The van der Waals surface area contributed by atoms with Crippen molar-refractivity contribution < 1.29 is 4.42 Å². The van der Waals surface area contributed by atoms with Gasteiger partial charge >= 0.3 is 5.76 Å². The maximum Gasteiger partial charge on any atom is 0.419 e. The lowest BCUT2D eigenvalue weighted by Gasteiger charge is -2.23. The van der Waals surface area contributed by atoms with Crippen LogP contribution in [0.25, 0.3) is 33.3 Å². The Hall–Kier alpha value is -2.79. The van der Waals surface area contributed by atoms with E-state index in [1.165, 1.54) is 29.4 Å². The Labute approximate surface area is 169 Å². The third kappa shape index (κ3) is 3.01. The maximum atomic E-state index is 11.9. The minimum Gasteiger partial charge on any atom is -0.408 e. The van der Waals surface area contributed by atoms with Crippen molar-refractivity contribution in [1.29, 1.82) is 0 Å². The third-order valence-electron chi connectivity index (χ3n) is 6.33. The van der Waals surface area contributed by atoms with Crippen molar-refractivity contribution >= 4 is 22.0 Å². The number of piperidine rings is 1. The van der Waals surface area contributed by atoms with E-state index < -0.39 is 0 Å². The lowest BCUT2D eigenvalue weighted by Crippen LogP contribution is -2.26. The molecule has 5 nitrogen and oxygen atoms in total. The predicted molar refractivity (Wildman–Crippen MR) is 118 cm³/mol. The summed E-state index contributed by atoms with van der Waals surface area (Å²) in [7, 11) is 1.73. The molecule has 0 spiro atoms. The number of H-pyrrole nitrogens is 1. The van der Waals surface area contributed by atoms with Crippen molar-refractivity contribution in [1.82, 2.24) is 14.9 Å². The van der Waals surface area contributed by atoms with E-state index in [0.717, 1.165) is 35.4 Å². The van der Waals surface area contributed by atoms with Crippen LogP contribution in [0, 0.1) is 0 Å². The van der Waals surface area contributed by atoms with Crippen LogP contribution in [0.5, 0.6) is 0 Å². The lowest BCUT2D eigenvalue weighted by molar-refractivity contribution is 0.460. The Bertz CT molecular complexity index is 1250. The summed E-state index contributed by atoms with van der Waals surface area (Å²) >= 11 is 0. The summed E-state index contributed by atoms with van der Waals surface area (Å²) in [5, 5.41) is 4.76. The molecule has 4 aromatic rings. The highest BCUT2D eigenvalue weighted by molar-refractivity contribution is 5.93. The first kappa shape index (κ1) is 18.3. The lowest BCUT2D eigenvalue weighted by atomic mass is 9.88. The molecule has 1 saturated heterocycles. The number of benzene rings is 2. The molecule has 0 saturated carbocycles. The largest absolute Gasteiger partial charge is 0.419 e. The smallest absolute Gasteiger partial charge is 0.408 e. The Morgan fingerprint density at radius 1 is 1.10 bits per heavy atom. The Balaban J connectivity index is 1.67. The summed E-state index contributed by atoms with van der Waals surface area (Å²) in [5.74, 6) is 0.680. The van der Waals surface area contributed by atoms with Gasteiger partial charge in [-0.15, -0.1) is 0 Å². The molecule has 0 unspecified atom stereocenters.